The van der Waals surface area contributed by atoms with Gasteiger partial charge in [0, 0.05) is 24.8 Å². The van der Waals surface area contributed by atoms with E-state index in [1.807, 2.05) is 49.0 Å². The standard InChI is InChI=1S/C16H13N3O/c1-10-3-4-13-14(7-10)20-16(18-13)12-8-11-5-6-19(2)15(11)17-9-12/h3-9H,1-2H3. The van der Waals surface area contributed by atoms with Crippen molar-refractivity contribution in [2.75, 3.05) is 0 Å². The second-order valence-electron chi connectivity index (χ2n) is 5.05. The van der Waals surface area contributed by atoms with Gasteiger partial charge in [0.2, 0.25) is 5.89 Å². The molecule has 98 valence electrons. The van der Waals surface area contributed by atoms with E-state index in [1.54, 1.807) is 6.20 Å². The third kappa shape index (κ3) is 1.61. The first-order chi connectivity index (χ1) is 9.70. The largest absolute Gasteiger partial charge is 0.436 e. The average molecular weight is 263 g/mol. The number of oxazole rings is 1. The number of rotatable bonds is 1. The van der Waals surface area contributed by atoms with E-state index >= 15 is 0 Å². The Morgan fingerprint density at radius 3 is 2.95 bits per heavy atom. The highest BCUT2D eigenvalue weighted by Gasteiger charge is 2.10. The van der Waals surface area contributed by atoms with E-state index in [4.69, 9.17) is 4.42 Å². The fourth-order valence-corrected chi connectivity index (χ4v) is 2.43. The molecule has 4 aromatic rings. The number of fused-ring (bicyclic) bond motifs is 2. The van der Waals surface area contributed by atoms with Gasteiger partial charge in [-0.15, -0.1) is 0 Å². The SMILES string of the molecule is Cc1ccc2nc(-c3cnc4c(ccn4C)c3)oc2c1. The highest BCUT2D eigenvalue weighted by molar-refractivity contribution is 5.82. The summed E-state index contributed by atoms with van der Waals surface area (Å²) in [4.78, 5) is 8.99. The molecule has 20 heavy (non-hydrogen) atoms. The number of nitrogens with zero attached hydrogens (tertiary/aromatic N) is 3. The molecular formula is C16H13N3O. The Labute approximate surface area is 115 Å². The molecule has 4 rings (SSSR count). The minimum absolute atomic E-state index is 0.615. The average Bonchev–Trinajstić information content (AvgIpc) is 3.02. The molecule has 0 amide bonds. The molecule has 0 aliphatic rings. The van der Waals surface area contributed by atoms with Crippen molar-refractivity contribution in [3.63, 3.8) is 0 Å². The molecule has 0 unspecified atom stereocenters. The molecule has 3 aromatic heterocycles. The zero-order valence-electron chi connectivity index (χ0n) is 11.3. The fraction of sp³-hybridized carbons (Fsp3) is 0.125. The van der Waals surface area contributed by atoms with Gasteiger partial charge in [0.05, 0.1) is 5.56 Å². The first-order valence-electron chi connectivity index (χ1n) is 6.49. The molecular weight excluding hydrogens is 250 g/mol. The molecule has 0 bridgehead atoms. The number of aromatic nitrogens is 3. The van der Waals surface area contributed by atoms with Crippen LogP contribution in [0.25, 0.3) is 33.6 Å². The summed E-state index contributed by atoms with van der Waals surface area (Å²) in [5.41, 5.74) is 4.71. The van der Waals surface area contributed by atoms with Gasteiger partial charge in [-0.3, -0.25) is 0 Å². The first-order valence-corrected chi connectivity index (χ1v) is 6.49. The molecule has 3 heterocycles. The molecule has 0 aliphatic heterocycles. The predicted octanol–water partition coefficient (Wildman–Crippen LogP) is 3.69. The Kier molecular flexibility index (Phi) is 2.21. The number of hydrogen-bond acceptors (Lipinski definition) is 3. The van der Waals surface area contributed by atoms with Gasteiger partial charge in [-0.2, -0.15) is 0 Å². The maximum absolute atomic E-state index is 5.83. The summed E-state index contributed by atoms with van der Waals surface area (Å²) in [6.07, 6.45) is 3.80. The quantitative estimate of drug-likeness (QED) is 0.526. The molecule has 0 saturated carbocycles. The van der Waals surface area contributed by atoms with E-state index in [9.17, 15) is 0 Å². The molecule has 1 aromatic carbocycles. The summed E-state index contributed by atoms with van der Waals surface area (Å²) >= 11 is 0. The van der Waals surface area contributed by atoms with Crippen LogP contribution in [0.15, 0.2) is 47.1 Å². The van der Waals surface area contributed by atoms with Crippen molar-refractivity contribution in [3.8, 4) is 11.5 Å². The summed E-state index contributed by atoms with van der Waals surface area (Å²) in [6.45, 7) is 2.04. The summed E-state index contributed by atoms with van der Waals surface area (Å²) in [6, 6.07) is 10.1. The molecule has 4 heteroatoms. The van der Waals surface area contributed by atoms with Gasteiger partial charge in [0.15, 0.2) is 5.58 Å². The highest BCUT2D eigenvalue weighted by Crippen LogP contribution is 2.26. The maximum atomic E-state index is 5.83. The molecule has 0 aliphatic carbocycles. The molecule has 0 N–H and O–H groups in total. The molecule has 0 atom stereocenters. The molecule has 0 spiro atoms. The van der Waals surface area contributed by atoms with E-state index in [-0.39, 0.29) is 0 Å². The van der Waals surface area contributed by atoms with Crippen LogP contribution in [0.4, 0.5) is 0 Å². The van der Waals surface area contributed by atoms with Crippen molar-refractivity contribution in [3.05, 3.63) is 48.3 Å². The zero-order chi connectivity index (χ0) is 13.7. The Balaban J connectivity index is 1.91. The number of hydrogen-bond donors (Lipinski definition) is 0. The minimum Gasteiger partial charge on any atom is -0.436 e. The lowest BCUT2D eigenvalue weighted by atomic mass is 10.2. The molecule has 0 fully saturated rings. The second kappa shape index (κ2) is 3.93. The van der Waals surface area contributed by atoms with E-state index in [2.05, 4.69) is 16.0 Å². The van der Waals surface area contributed by atoms with Gasteiger partial charge in [-0.25, -0.2) is 9.97 Å². The van der Waals surface area contributed by atoms with Gasteiger partial charge in [0.25, 0.3) is 0 Å². The predicted molar refractivity (Wildman–Crippen MR) is 78.5 cm³/mol. The van der Waals surface area contributed by atoms with Crippen LogP contribution in [0, 0.1) is 6.92 Å². The van der Waals surface area contributed by atoms with Gasteiger partial charge in [-0.05, 0) is 36.8 Å². The van der Waals surface area contributed by atoms with Crippen LogP contribution in [0.2, 0.25) is 0 Å². The Hall–Kier alpha value is -2.62. The smallest absolute Gasteiger partial charge is 0.228 e. The van der Waals surface area contributed by atoms with Crippen LogP contribution in [0.1, 0.15) is 5.56 Å². The van der Waals surface area contributed by atoms with E-state index < -0.39 is 0 Å². The topological polar surface area (TPSA) is 43.9 Å². The lowest BCUT2D eigenvalue weighted by Gasteiger charge is -1.97. The van der Waals surface area contributed by atoms with E-state index in [0.29, 0.717) is 5.89 Å². The van der Waals surface area contributed by atoms with Crippen molar-refractivity contribution in [1.82, 2.24) is 14.5 Å². The van der Waals surface area contributed by atoms with Gasteiger partial charge in [0.1, 0.15) is 11.2 Å². The van der Waals surface area contributed by atoms with Crippen molar-refractivity contribution >= 4 is 22.1 Å². The molecule has 0 radical (unpaired) electrons. The number of aryl methyl sites for hydroxylation is 2. The van der Waals surface area contributed by atoms with Crippen molar-refractivity contribution in [2.45, 2.75) is 6.92 Å². The Morgan fingerprint density at radius 1 is 1.15 bits per heavy atom. The second-order valence-corrected chi connectivity index (χ2v) is 5.05. The number of pyridine rings is 1. The van der Waals surface area contributed by atoms with Crippen molar-refractivity contribution < 1.29 is 4.42 Å². The third-order valence-electron chi connectivity index (χ3n) is 3.50. The normalized spacial score (nSPS) is 11.5. The van der Waals surface area contributed by atoms with Crippen LogP contribution in [0.3, 0.4) is 0 Å². The molecule has 0 saturated heterocycles. The zero-order valence-corrected chi connectivity index (χ0v) is 11.3. The Bertz CT molecular complexity index is 933. The van der Waals surface area contributed by atoms with Crippen molar-refractivity contribution in [2.24, 2.45) is 7.05 Å². The van der Waals surface area contributed by atoms with Gasteiger partial charge >= 0.3 is 0 Å². The third-order valence-corrected chi connectivity index (χ3v) is 3.50. The lowest BCUT2D eigenvalue weighted by molar-refractivity contribution is 0.619. The lowest BCUT2D eigenvalue weighted by Crippen LogP contribution is -1.88. The summed E-state index contributed by atoms with van der Waals surface area (Å²) in [5, 5.41) is 1.09. The fourth-order valence-electron chi connectivity index (χ4n) is 2.43. The summed E-state index contributed by atoms with van der Waals surface area (Å²) in [7, 11) is 1.98. The Morgan fingerprint density at radius 2 is 2.05 bits per heavy atom. The van der Waals surface area contributed by atoms with Crippen LogP contribution in [-0.2, 0) is 7.05 Å². The maximum Gasteiger partial charge on any atom is 0.228 e. The summed E-state index contributed by atoms with van der Waals surface area (Å²) in [5.74, 6) is 0.615. The monoisotopic (exact) mass is 263 g/mol. The van der Waals surface area contributed by atoms with Crippen LogP contribution in [-0.4, -0.2) is 14.5 Å². The number of benzene rings is 1. The van der Waals surface area contributed by atoms with Crippen LogP contribution >= 0.6 is 0 Å². The van der Waals surface area contributed by atoms with Crippen molar-refractivity contribution in [1.29, 1.82) is 0 Å². The van der Waals surface area contributed by atoms with Crippen LogP contribution < -0.4 is 0 Å². The van der Waals surface area contributed by atoms with Gasteiger partial charge in [-0.1, -0.05) is 6.07 Å². The highest BCUT2D eigenvalue weighted by atomic mass is 16.3. The minimum atomic E-state index is 0.615. The van der Waals surface area contributed by atoms with Crippen LogP contribution in [0.5, 0.6) is 0 Å². The summed E-state index contributed by atoms with van der Waals surface area (Å²) < 4.78 is 7.83. The van der Waals surface area contributed by atoms with Gasteiger partial charge < -0.3 is 8.98 Å². The van der Waals surface area contributed by atoms with E-state index in [1.165, 1.54) is 0 Å². The first kappa shape index (κ1) is 11.2. The van der Waals surface area contributed by atoms with E-state index in [0.717, 1.165) is 33.3 Å². The molecule has 4 nitrogen and oxygen atoms in total.